The number of pyridine rings is 3. The van der Waals surface area contributed by atoms with Crippen molar-refractivity contribution in [3.63, 3.8) is 0 Å². The van der Waals surface area contributed by atoms with Gasteiger partial charge in [-0.05, 0) is 93.0 Å². The maximum Gasteiger partial charge on any atom is 1.00 e. The molecule has 122 heavy (non-hydrogen) atoms. The second-order valence-corrected chi connectivity index (χ2v) is 30.1. The molecule has 0 spiro atoms. The van der Waals surface area contributed by atoms with Crippen LogP contribution in [0.2, 0.25) is 0 Å². The Morgan fingerprint density at radius 3 is 0.975 bits per heavy atom. The van der Waals surface area contributed by atoms with E-state index < -0.39 is 132 Å². The molecule has 3 heterocycles. The Kier molecular flexibility index (Phi) is 62.9. The number of fused-ring (bicyclic) bond motifs is 3. The van der Waals surface area contributed by atoms with E-state index in [4.69, 9.17) is 30.0 Å². The zero-order valence-electron chi connectivity index (χ0n) is 66.5. The first-order valence-electron chi connectivity index (χ1n) is 34.6. The summed E-state index contributed by atoms with van der Waals surface area (Å²) in [4.78, 5) is 85.0. The number of carbonyl (C=O) groups is 3. The van der Waals surface area contributed by atoms with Gasteiger partial charge in [-0.1, -0.05) is 145 Å². The number of phosphoric acid groups is 2. The van der Waals surface area contributed by atoms with Crippen molar-refractivity contribution in [2.24, 2.45) is 0 Å². The molecule has 30 nitrogen and oxygen atoms in total. The molecule has 0 fully saturated rings. The van der Waals surface area contributed by atoms with E-state index in [1.165, 1.54) is 62.6 Å². The quantitative estimate of drug-likeness (QED) is 0.00811. The third kappa shape index (κ3) is 44.2. The molecule has 0 aliphatic rings. The Morgan fingerprint density at radius 2 is 0.721 bits per heavy atom. The molecule has 9 rings (SSSR count). The third-order valence-corrected chi connectivity index (χ3v) is 19.5. The molecular weight excluding hydrogens is 1770 g/mol. The number of anilines is 3. The summed E-state index contributed by atoms with van der Waals surface area (Å²) >= 11 is 5.02. The fourth-order valence-corrected chi connectivity index (χ4v) is 11.3. The minimum absolute atomic E-state index is 0. The molecule has 9 aromatic rings. The first-order valence-corrected chi connectivity index (χ1v) is 40.0. The molecular formula is C77H107ClF6N9Na2O21P3S3. The Bertz CT molecular complexity index is 4730. The van der Waals surface area contributed by atoms with Crippen LogP contribution in [0.1, 0.15) is 72.1 Å². The van der Waals surface area contributed by atoms with Gasteiger partial charge in [0.05, 0.1) is 46.0 Å². The van der Waals surface area contributed by atoms with Gasteiger partial charge < -0.3 is 67.5 Å². The molecule has 3 aromatic heterocycles. The summed E-state index contributed by atoms with van der Waals surface area (Å²) < 4.78 is 153. The van der Waals surface area contributed by atoms with Crippen LogP contribution in [0.25, 0.3) is 32.3 Å². The van der Waals surface area contributed by atoms with Crippen LogP contribution in [0, 0.1) is 34.9 Å². The average Bonchev–Trinajstić information content (AvgIpc) is 0.858. The zero-order valence-corrected chi connectivity index (χ0v) is 76.9. The van der Waals surface area contributed by atoms with Gasteiger partial charge in [-0.3, -0.25) is 39.7 Å². The Hall–Kier alpha value is -5.63. The number of amides is 3. The number of likely N-dealkylation sites (N-methyl/N-ethyl adjacent to an activating group) is 3. The van der Waals surface area contributed by atoms with Gasteiger partial charge in [-0.25, -0.2) is 64.8 Å². The van der Waals surface area contributed by atoms with Crippen LogP contribution in [0.4, 0.5) is 58.2 Å². The number of benzene rings is 6. The molecule has 8 N–H and O–H groups in total. The molecule has 670 valence electrons. The summed E-state index contributed by atoms with van der Waals surface area (Å²) in [6, 6.07) is 36.7. The molecule has 45 heteroatoms. The van der Waals surface area contributed by atoms with Crippen LogP contribution in [0.15, 0.2) is 164 Å². The van der Waals surface area contributed by atoms with Crippen molar-refractivity contribution in [2.75, 3.05) is 98.1 Å². The SMILES string of the molecule is C.C.C.CC.CN(Cc1cccc(F)c1F)[C@H](COC(=O)Nc1cc2ccccc2cn1)C[C@@H](O)CO.CN(Cc1cccc(F)c1F)[C@H](COC(=O)Nc1cc2ccccc2cn1)C[C@@H](O)COP(=O)([O-])[O-].COP(=O)(Cl)OC.COP(=O)(O)OC[C@H](O)C[C@@H](COC(=O)Nc1cc2ccccc2cn1)N(C)Cc1cccc(F)c1F.S.S.S.[Na+].[Na+]. The van der Waals surface area contributed by atoms with Gasteiger partial charge >= 0.3 is 92.2 Å². The number of hydrogen-bond acceptors (Lipinski definition) is 26. The minimum atomic E-state index is -5.31. The second-order valence-electron chi connectivity index (χ2n) is 24.6. The van der Waals surface area contributed by atoms with Gasteiger partial charge in [0, 0.05) is 122 Å². The molecule has 1 unspecified atom stereocenters. The van der Waals surface area contributed by atoms with Crippen LogP contribution < -0.4 is 84.9 Å². The topological polar surface area (TPSA) is 408 Å². The van der Waals surface area contributed by atoms with Gasteiger partial charge in [-0.2, -0.15) is 40.5 Å². The maximum atomic E-state index is 14.2. The van der Waals surface area contributed by atoms with E-state index in [9.17, 15) is 89.5 Å². The van der Waals surface area contributed by atoms with Crippen molar-refractivity contribution in [1.29, 1.82) is 0 Å². The van der Waals surface area contributed by atoms with Crippen LogP contribution in [0.5, 0.6) is 0 Å². The number of carbonyl (C=O) groups excluding carboxylic acids is 3. The van der Waals surface area contributed by atoms with E-state index in [1.54, 1.807) is 60.7 Å². The van der Waals surface area contributed by atoms with Crippen molar-refractivity contribution < 1.29 is 185 Å². The smallest absolute Gasteiger partial charge is 0.790 e. The Balaban J connectivity index is -0.000000790. The third-order valence-electron chi connectivity index (χ3n) is 16.4. The molecule has 0 radical (unpaired) electrons. The van der Waals surface area contributed by atoms with Crippen molar-refractivity contribution in [3.05, 3.63) is 216 Å². The van der Waals surface area contributed by atoms with Gasteiger partial charge in [0.25, 0.3) is 0 Å². The monoisotopic (exact) mass is 1880 g/mol. The van der Waals surface area contributed by atoms with Crippen LogP contribution in [-0.4, -0.2) is 192 Å². The molecule has 0 aliphatic carbocycles. The standard InChI is InChI=1S/C24H28F2N3O7P.C23H26F2N3O7P.C23H25F2N3O4.C2H6ClO3P.C2H6.3CH4.2Na.3H2S/c1-29(13-18-8-5-9-21(25)23(18)26)19(11-20(30)15-36-37(32,33)34-2)14-35-24(31)28-22-10-16-6-3-4-7-17(16)12-27-22;1-28(12-17-7-4-8-20(24)22(17)25)18(10-19(29)14-35-36(31,32)33)13-34-23(30)27-21-9-15-5-2-3-6-16(15)11-26-21;1-28(12-17-7-4-8-20(24)22(17)25)18(10-19(30)13-29)14-32-23(31)27-21-9-15-5-2-3-6-16(15)11-26-21;1-5-7(3,4)6-2;1-2;;;;;;;;/h3-10,12,19-20,30H,11,13-15H2,1-2H3,(H,32,33)(H,27,28,31);2-9,11,18-19,29H,10,12-14H2,1H3,(H,26,27,30)(H2,31,32,33);2-9,11,18-19,29-30H,10,12-14H2,1H3,(H,26,27,31);1-2H3;1-2H3;3*1H4;;;3*1H2/q;;;;;;;;2*+1;;;/p-2/t19-,20+;2*18-,19+;;;;;;;;;;/m000........../s1. The largest absolute Gasteiger partial charge is 1.00 e. The molecule has 0 bridgehead atoms. The number of rotatable bonds is 34. The fourth-order valence-electron chi connectivity index (χ4n) is 10.4. The van der Waals surface area contributed by atoms with E-state index >= 15 is 0 Å². The van der Waals surface area contributed by atoms with E-state index in [1.807, 2.05) is 86.6 Å². The fraction of sp³-hybridized carbons (Fsp3) is 0.377. The summed E-state index contributed by atoms with van der Waals surface area (Å²) in [6.45, 7) is -1.93. The van der Waals surface area contributed by atoms with Gasteiger partial charge in [0.15, 0.2) is 34.9 Å². The van der Waals surface area contributed by atoms with Crippen LogP contribution in [-0.2, 0) is 70.2 Å². The molecule has 6 aromatic carbocycles. The van der Waals surface area contributed by atoms with Crippen molar-refractivity contribution in [2.45, 2.75) is 111 Å². The maximum absolute atomic E-state index is 14.2. The second kappa shape index (κ2) is 62.5. The summed E-state index contributed by atoms with van der Waals surface area (Å²) in [7, 11) is -1.49. The van der Waals surface area contributed by atoms with Crippen LogP contribution >= 0.6 is 74.3 Å². The summed E-state index contributed by atoms with van der Waals surface area (Å²) in [5.41, 5.74) is 0.199. The number of nitrogens with one attached hydrogen (secondary N) is 3. The number of aliphatic hydroxyl groups is 4. The number of nitrogens with zero attached hydrogens (tertiary/aromatic N) is 6. The van der Waals surface area contributed by atoms with Crippen molar-refractivity contribution in [1.82, 2.24) is 29.7 Å². The Morgan fingerprint density at radius 1 is 0.451 bits per heavy atom. The zero-order chi connectivity index (χ0) is 84.3. The Labute approximate surface area is 776 Å². The van der Waals surface area contributed by atoms with Gasteiger partial charge in [0.2, 0.25) is 0 Å². The number of halogens is 7. The number of aliphatic hydroxyl groups excluding tert-OH is 4. The van der Waals surface area contributed by atoms with Crippen LogP contribution in [0.3, 0.4) is 0 Å². The molecule has 0 saturated carbocycles. The van der Waals surface area contributed by atoms with E-state index in [-0.39, 0.29) is 209 Å². The van der Waals surface area contributed by atoms with E-state index in [0.717, 1.165) is 57.6 Å². The molecule has 7 atom stereocenters. The molecule has 3 amide bonds. The first kappa shape index (κ1) is 123. The number of hydrogen-bond donors (Lipinski definition) is 8. The van der Waals surface area contributed by atoms with Crippen molar-refractivity contribution >= 4 is 142 Å². The first-order chi connectivity index (χ1) is 54.1. The van der Waals surface area contributed by atoms with Crippen molar-refractivity contribution in [3.8, 4) is 0 Å². The summed E-state index contributed by atoms with van der Waals surface area (Å²) in [5.74, 6) is -5.20. The van der Waals surface area contributed by atoms with Gasteiger partial charge in [0.1, 0.15) is 37.3 Å². The number of phosphoric ester groups is 2. The number of aromatic nitrogens is 3. The predicted molar refractivity (Wildman–Crippen MR) is 460 cm³/mol. The number of ether oxygens (including phenoxy) is 3. The summed E-state index contributed by atoms with van der Waals surface area (Å²) in [5, 5.41) is 52.4. The van der Waals surface area contributed by atoms with E-state index in [0.29, 0.717) is 5.82 Å². The normalized spacial score (nSPS) is 12.7. The molecule has 0 aliphatic heterocycles. The summed E-state index contributed by atoms with van der Waals surface area (Å²) in [6.07, 6.45) is -1.62. The minimum Gasteiger partial charge on any atom is -0.790 e. The van der Waals surface area contributed by atoms with Gasteiger partial charge in [-0.15, -0.1) is 0 Å². The average molecular weight is 1880 g/mol. The predicted octanol–water partition coefficient (Wildman–Crippen LogP) is 8.45. The molecule has 0 saturated heterocycles. The van der Waals surface area contributed by atoms with E-state index in [2.05, 4.69) is 49.0 Å².